The van der Waals surface area contributed by atoms with Gasteiger partial charge >= 0.3 is 0 Å². The number of amides is 1. The Bertz CT molecular complexity index is 773. The van der Waals surface area contributed by atoms with Crippen molar-refractivity contribution >= 4 is 11.7 Å². The lowest BCUT2D eigenvalue weighted by Gasteiger charge is -2.36. The second-order valence-corrected chi connectivity index (χ2v) is 7.30. The minimum absolute atomic E-state index is 0.0848. The number of nitrogens with one attached hydrogen (secondary N) is 1. The summed E-state index contributed by atoms with van der Waals surface area (Å²) in [6.07, 6.45) is 6.85. The molecule has 1 aromatic carbocycles. The summed E-state index contributed by atoms with van der Waals surface area (Å²) < 4.78 is 0. The number of piperidine rings is 1. The van der Waals surface area contributed by atoms with Gasteiger partial charge in [-0.25, -0.2) is 9.97 Å². The average Bonchev–Trinajstić information content (AvgIpc) is 3.52. The number of anilines is 1. The standard InChI is InChI=1S/C21H26N4O/c1-2-17-10-6-7-13-25(17)19-14-18(21(26)22-16-11-12-16)23-20(24-19)15-8-4-3-5-9-15/h3-5,8-9,14,16-17H,2,6-7,10-13H2,1H3,(H,22,26). The van der Waals surface area contributed by atoms with Crippen LogP contribution in [0.25, 0.3) is 11.4 Å². The van der Waals surface area contributed by atoms with Crippen molar-refractivity contribution < 1.29 is 4.79 Å². The molecule has 1 N–H and O–H groups in total. The Kier molecular flexibility index (Phi) is 4.87. The molecule has 4 rings (SSSR count). The number of carbonyl (C=O) groups excluding carboxylic acids is 1. The predicted molar refractivity (Wildman–Crippen MR) is 103 cm³/mol. The van der Waals surface area contributed by atoms with Gasteiger partial charge in [0.05, 0.1) is 0 Å². The normalized spacial score (nSPS) is 20.0. The van der Waals surface area contributed by atoms with Crippen LogP contribution in [0.1, 0.15) is 55.9 Å². The maximum atomic E-state index is 12.6. The molecule has 1 aromatic heterocycles. The summed E-state index contributed by atoms with van der Waals surface area (Å²) in [5.41, 5.74) is 1.42. The van der Waals surface area contributed by atoms with E-state index in [4.69, 9.17) is 4.98 Å². The van der Waals surface area contributed by atoms with Crippen LogP contribution < -0.4 is 10.2 Å². The van der Waals surface area contributed by atoms with E-state index in [1.54, 1.807) is 0 Å². The number of hydrogen-bond donors (Lipinski definition) is 1. The molecule has 1 amide bonds. The summed E-state index contributed by atoms with van der Waals surface area (Å²) in [4.78, 5) is 24.4. The maximum Gasteiger partial charge on any atom is 0.270 e. The van der Waals surface area contributed by atoms with Crippen LogP contribution in [0.15, 0.2) is 36.4 Å². The molecule has 5 nitrogen and oxygen atoms in total. The minimum atomic E-state index is -0.0848. The van der Waals surface area contributed by atoms with Crippen molar-refractivity contribution in [2.45, 2.75) is 57.5 Å². The molecule has 2 fully saturated rings. The Morgan fingerprint density at radius 2 is 1.96 bits per heavy atom. The lowest BCUT2D eigenvalue weighted by atomic mass is 10.00. The van der Waals surface area contributed by atoms with Crippen LogP contribution in [-0.4, -0.2) is 34.5 Å². The van der Waals surface area contributed by atoms with E-state index in [0.29, 0.717) is 23.6 Å². The highest BCUT2D eigenvalue weighted by Crippen LogP contribution is 2.28. The lowest BCUT2D eigenvalue weighted by Crippen LogP contribution is -2.40. The highest BCUT2D eigenvalue weighted by atomic mass is 16.2. The van der Waals surface area contributed by atoms with Crippen molar-refractivity contribution in [2.24, 2.45) is 0 Å². The highest BCUT2D eigenvalue weighted by molar-refractivity contribution is 5.93. The van der Waals surface area contributed by atoms with Gasteiger partial charge in [0.1, 0.15) is 11.5 Å². The van der Waals surface area contributed by atoms with Gasteiger partial charge in [-0.15, -0.1) is 0 Å². The molecule has 2 aromatic rings. The van der Waals surface area contributed by atoms with Gasteiger partial charge < -0.3 is 10.2 Å². The third kappa shape index (κ3) is 3.71. The number of aromatic nitrogens is 2. The predicted octanol–water partition coefficient (Wildman–Crippen LogP) is 3.80. The molecule has 1 aliphatic carbocycles. The van der Waals surface area contributed by atoms with Gasteiger partial charge in [0.25, 0.3) is 5.91 Å². The number of carbonyl (C=O) groups is 1. The summed E-state index contributed by atoms with van der Waals surface area (Å²) in [5, 5.41) is 3.06. The smallest absolute Gasteiger partial charge is 0.270 e. The molecular formula is C21H26N4O. The van der Waals surface area contributed by atoms with E-state index >= 15 is 0 Å². The van der Waals surface area contributed by atoms with Gasteiger partial charge in [-0.3, -0.25) is 4.79 Å². The zero-order chi connectivity index (χ0) is 17.9. The monoisotopic (exact) mass is 350 g/mol. The summed E-state index contributed by atoms with van der Waals surface area (Å²) in [6.45, 7) is 3.22. The van der Waals surface area contributed by atoms with E-state index in [-0.39, 0.29) is 5.91 Å². The fraction of sp³-hybridized carbons (Fsp3) is 0.476. The Morgan fingerprint density at radius 3 is 2.69 bits per heavy atom. The number of benzene rings is 1. The molecular weight excluding hydrogens is 324 g/mol. The second-order valence-electron chi connectivity index (χ2n) is 7.30. The van der Waals surface area contributed by atoms with Crippen LogP contribution in [0.3, 0.4) is 0 Å². The first-order valence-corrected chi connectivity index (χ1v) is 9.76. The Morgan fingerprint density at radius 1 is 1.15 bits per heavy atom. The first-order valence-electron chi connectivity index (χ1n) is 9.76. The van der Waals surface area contributed by atoms with E-state index in [1.165, 1.54) is 19.3 Å². The molecule has 0 bridgehead atoms. The molecule has 1 saturated carbocycles. The van der Waals surface area contributed by atoms with Crippen molar-refractivity contribution in [1.82, 2.24) is 15.3 Å². The van der Waals surface area contributed by atoms with Crippen LogP contribution in [0, 0.1) is 0 Å². The van der Waals surface area contributed by atoms with Crippen molar-refractivity contribution in [2.75, 3.05) is 11.4 Å². The molecule has 2 heterocycles. The third-order valence-electron chi connectivity index (χ3n) is 5.28. The van der Waals surface area contributed by atoms with E-state index in [2.05, 4.69) is 22.1 Å². The summed E-state index contributed by atoms with van der Waals surface area (Å²) in [7, 11) is 0. The summed E-state index contributed by atoms with van der Waals surface area (Å²) >= 11 is 0. The molecule has 1 unspecified atom stereocenters. The molecule has 1 saturated heterocycles. The lowest BCUT2D eigenvalue weighted by molar-refractivity contribution is 0.0946. The average molecular weight is 350 g/mol. The van der Waals surface area contributed by atoms with Crippen molar-refractivity contribution in [1.29, 1.82) is 0 Å². The summed E-state index contributed by atoms with van der Waals surface area (Å²) in [5.74, 6) is 1.43. The van der Waals surface area contributed by atoms with Gasteiger partial charge in [-0.1, -0.05) is 37.3 Å². The Balaban J connectivity index is 1.73. The van der Waals surface area contributed by atoms with Crippen LogP contribution in [0.4, 0.5) is 5.82 Å². The summed E-state index contributed by atoms with van der Waals surface area (Å²) in [6, 6.07) is 12.6. The zero-order valence-corrected chi connectivity index (χ0v) is 15.3. The molecule has 0 spiro atoms. The topological polar surface area (TPSA) is 58.1 Å². The Hall–Kier alpha value is -2.43. The van der Waals surface area contributed by atoms with Crippen molar-refractivity contribution in [3.05, 3.63) is 42.1 Å². The Labute approximate surface area is 154 Å². The number of nitrogens with zero attached hydrogens (tertiary/aromatic N) is 3. The first-order chi connectivity index (χ1) is 12.7. The fourth-order valence-corrected chi connectivity index (χ4v) is 3.63. The first kappa shape index (κ1) is 17.0. The van der Waals surface area contributed by atoms with E-state index in [9.17, 15) is 4.79 Å². The van der Waals surface area contributed by atoms with E-state index < -0.39 is 0 Å². The van der Waals surface area contributed by atoms with Crippen molar-refractivity contribution in [3.8, 4) is 11.4 Å². The van der Waals surface area contributed by atoms with E-state index in [1.807, 2.05) is 36.4 Å². The highest BCUT2D eigenvalue weighted by Gasteiger charge is 2.27. The van der Waals surface area contributed by atoms with Gasteiger partial charge in [-0.2, -0.15) is 0 Å². The quantitative estimate of drug-likeness (QED) is 0.891. The second kappa shape index (κ2) is 7.44. The zero-order valence-electron chi connectivity index (χ0n) is 15.3. The maximum absolute atomic E-state index is 12.6. The van der Waals surface area contributed by atoms with Crippen LogP contribution in [0.5, 0.6) is 0 Å². The molecule has 1 aliphatic heterocycles. The third-order valence-corrected chi connectivity index (χ3v) is 5.28. The van der Waals surface area contributed by atoms with Gasteiger partial charge in [0.2, 0.25) is 0 Å². The fourth-order valence-electron chi connectivity index (χ4n) is 3.63. The van der Waals surface area contributed by atoms with Crippen LogP contribution >= 0.6 is 0 Å². The number of hydrogen-bond acceptors (Lipinski definition) is 4. The number of rotatable bonds is 5. The van der Waals surface area contributed by atoms with Gasteiger partial charge in [0.15, 0.2) is 5.82 Å². The molecule has 26 heavy (non-hydrogen) atoms. The largest absolute Gasteiger partial charge is 0.354 e. The molecule has 2 aliphatic rings. The molecule has 5 heteroatoms. The van der Waals surface area contributed by atoms with Gasteiger partial charge in [-0.05, 0) is 38.5 Å². The van der Waals surface area contributed by atoms with Crippen molar-refractivity contribution in [3.63, 3.8) is 0 Å². The molecule has 0 radical (unpaired) electrons. The molecule has 1 atom stereocenters. The minimum Gasteiger partial charge on any atom is -0.354 e. The SMILES string of the molecule is CCC1CCCCN1c1cc(C(=O)NC2CC2)nc(-c2ccccc2)n1. The van der Waals surface area contributed by atoms with Gasteiger partial charge in [0, 0.05) is 30.3 Å². The van der Waals surface area contributed by atoms with Crippen LogP contribution in [-0.2, 0) is 0 Å². The molecule has 136 valence electrons. The van der Waals surface area contributed by atoms with Crippen LogP contribution in [0.2, 0.25) is 0 Å². The van der Waals surface area contributed by atoms with E-state index in [0.717, 1.165) is 37.2 Å².